The van der Waals surface area contributed by atoms with Gasteiger partial charge in [-0.3, -0.25) is 0 Å². The Kier molecular flexibility index (Phi) is 7.23. The van der Waals surface area contributed by atoms with Crippen molar-refractivity contribution in [3.63, 3.8) is 0 Å². The summed E-state index contributed by atoms with van der Waals surface area (Å²) in [5.41, 5.74) is 0. The van der Waals surface area contributed by atoms with Gasteiger partial charge in [-0.2, -0.15) is 0 Å². The predicted molar refractivity (Wildman–Crippen MR) is 65.8 cm³/mol. The lowest BCUT2D eigenvalue weighted by Gasteiger charge is -1.96. The Bertz CT molecular complexity index is 276. The molecule has 0 saturated carbocycles. The first-order chi connectivity index (χ1) is 7.86. The fourth-order valence-corrected chi connectivity index (χ4v) is 1.72. The molecule has 0 aromatic carbocycles. The number of unbranched alkanes of at least 4 members (excludes halogenated alkanes) is 4. The molecular weight excluding hydrogens is 224 g/mol. The Labute approximate surface area is 103 Å². The Morgan fingerprint density at radius 2 is 1.56 bits per heavy atom. The first-order valence-electron chi connectivity index (χ1n) is 6.24. The summed E-state index contributed by atoms with van der Waals surface area (Å²) in [6.45, 7) is 2.22. The highest BCUT2D eigenvalue weighted by Crippen LogP contribution is 2.09. The standard InChI is InChI=1S/C12H21ClN2O/c1-2-3-4-5-6-8-11-14-15-12(16-11)9-7-10-13/h2-10H2,1H3. The van der Waals surface area contributed by atoms with E-state index in [1.807, 2.05) is 0 Å². The molecule has 0 bridgehead atoms. The van der Waals surface area contributed by atoms with E-state index in [2.05, 4.69) is 17.1 Å². The van der Waals surface area contributed by atoms with Crippen LogP contribution in [0.25, 0.3) is 0 Å². The molecule has 0 aliphatic rings. The van der Waals surface area contributed by atoms with E-state index in [4.69, 9.17) is 16.0 Å². The van der Waals surface area contributed by atoms with Crippen LogP contribution in [0, 0.1) is 0 Å². The molecule has 1 aromatic rings. The van der Waals surface area contributed by atoms with Gasteiger partial charge in [-0.05, 0) is 12.8 Å². The quantitative estimate of drug-likeness (QED) is 0.491. The summed E-state index contributed by atoms with van der Waals surface area (Å²) in [7, 11) is 0. The number of aromatic nitrogens is 2. The third kappa shape index (κ3) is 5.50. The van der Waals surface area contributed by atoms with Crippen molar-refractivity contribution in [2.75, 3.05) is 5.88 Å². The molecule has 0 aliphatic carbocycles. The molecule has 0 aliphatic heterocycles. The summed E-state index contributed by atoms with van der Waals surface area (Å²) >= 11 is 5.60. The van der Waals surface area contributed by atoms with Gasteiger partial charge in [0.25, 0.3) is 0 Å². The largest absolute Gasteiger partial charge is 0.425 e. The monoisotopic (exact) mass is 244 g/mol. The number of halogens is 1. The number of hydrogen-bond acceptors (Lipinski definition) is 3. The SMILES string of the molecule is CCCCCCCc1nnc(CCCCl)o1. The minimum atomic E-state index is 0.648. The highest BCUT2D eigenvalue weighted by molar-refractivity contribution is 6.17. The lowest BCUT2D eigenvalue weighted by atomic mass is 10.1. The summed E-state index contributed by atoms with van der Waals surface area (Å²) in [4.78, 5) is 0. The van der Waals surface area contributed by atoms with E-state index < -0.39 is 0 Å². The summed E-state index contributed by atoms with van der Waals surface area (Å²) in [6.07, 6.45) is 8.94. The van der Waals surface area contributed by atoms with Crippen LogP contribution < -0.4 is 0 Å². The fraction of sp³-hybridized carbons (Fsp3) is 0.833. The van der Waals surface area contributed by atoms with Crippen LogP contribution in [0.3, 0.4) is 0 Å². The number of aryl methyl sites for hydroxylation is 2. The normalized spacial score (nSPS) is 10.9. The van der Waals surface area contributed by atoms with Crippen molar-refractivity contribution in [2.45, 2.75) is 58.3 Å². The van der Waals surface area contributed by atoms with Gasteiger partial charge in [-0.25, -0.2) is 0 Å². The van der Waals surface area contributed by atoms with E-state index in [-0.39, 0.29) is 0 Å². The van der Waals surface area contributed by atoms with Gasteiger partial charge in [0.15, 0.2) is 0 Å². The maximum Gasteiger partial charge on any atom is 0.216 e. The topological polar surface area (TPSA) is 38.9 Å². The predicted octanol–water partition coefficient (Wildman–Crippen LogP) is 3.75. The Morgan fingerprint density at radius 3 is 2.19 bits per heavy atom. The zero-order valence-corrected chi connectivity index (χ0v) is 10.8. The minimum absolute atomic E-state index is 0.648. The highest BCUT2D eigenvalue weighted by Gasteiger charge is 2.04. The van der Waals surface area contributed by atoms with Gasteiger partial charge >= 0.3 is 0 Å². The molecule has 0 unspecified atom stereocenters. The van der Waals surface area contributed by atoms with Crippen LogP contribution in [0.5, 0.6) is 0 Å². The second-order valence-electron chi connectivity index (χ2n) is 4.05. The second kappa shape index (κ2) is 8.57. The maximum atomic E-state index is 5.60. The lowest BCUT2D eigenvalue weighted by Crippen LogP contribution is -1.86. The smallest absolute Gasteiger partial charge is 0.216 e. The minimum Gasteiger partial charge on any atom is -0.425 e. The van der Waals surface area contributed by atoms with Crippen LogP contribution >= 0.6 is 11.6 Å². The second-order valence-corrected chi connectivity index (χ2v) is 4.42. The van der Waals surface area contributed by atoms with Crippen molar-refractivity contribution >= 4 is 11.6 Å². The molecule has 1 aromatic heterocycles. The molecule has 16 heavy (non-hydrogen) atoms. The third-order valence-corrected chi connectivity index (χ3v) is 2.79. The van der Waals surface area contributed by atoms with Gasteiger partial charge in [-0.1, -0.05) is 32.6 Å². The first kappa shape index (κ1) is 13.5. The molecule has 0 spiro atoms. The zero-order chi connectivity index (χ0) is 11.6. The molecule has 0 N–H and O–H groups in total. The summed E-state index contributed by atoms with van der Waals surface area (Å²) < 4.78 is 5.51. The van der Waals surface area contributed by atoms with Crippen LogP contribution in [-0.4, -0.2) is 16.1 Å². The maximum absolute atomic E-state index is 5.60. The van der Waals surface area contributed by atoms with Gasteiger partial charge in [0, 0.05) is 18.7 Å². The number of nitrogens with zero attached hydrogens (tertiary/aromatic N) is 2. The highest BCUT2D eigenvalue weighted by atomic mass is 35.5. The van der Waals surface area contributed by atoms with Gasteiger partial charge in [-0.15, -0.1) is 21.8 Å². The zero-order valence-electron chi connectivity index (χ0n) is 10.0. The number of alkyl halides is 1. The average molecular weight is 245 g/mol. The van der Waals surface area contributed by atoms with Crippen LogP contribution in [0.15, 0.2) is 4.42 Å². The van der Waals surface area contributed by atoms with E-state index in [9.17, 15) is 0 Å². The van der Waals surface area contributed by atoms with Crippen LogP contribution in [0.1, 0.15) is 57.2 Å². The van der Waals surface area contributed by atoms with Crippen LogP contribution in [0.2, 0.25) is 0 Å². The molecule has 1 heterocycles. The Balaban J connectivity index is 2.14. The number of rotatable bonds is 9. The summed E-state index contributed by atoms with van der Waals surface area (Å²) in [6, 6.07) is 0. The lowest BCUT2D eigenvalue weighted by molar-refractivity contribution is 0.438. The fourth-order valence-electron chi connectivity index (χ4n) is 1.59. The first-order valence-corrected chi connectivity index (χ1v) is 6.77. The molecule has 4 heteroatoms. The summed E-state index contributed by atoms with van der Waals surface area (Å²) in [5.74, 6) is 2.15. The van der Waals surface area contributed by atoms with E-state index in [0.29, 0.717) is 5.88 Å². The van der Waals surface area contributed by atoms with E-state index in [0.717, 1.165) is 37.5 Å². The van der Waals surface area contributed by atoms with E-state index in [1.54, 1.807) is 0 Å². The van der Waals surface area contributed by atoms with Gasteiger partial charge in [0.2, 0.25) is 11.8 Å². The van der Waals surface area contributed by atoms with Crippen LogP contribution in [-0.2, 0) is 12.8 Å². The van der Waals surface area contributed by atoms with Crippen molar-refractivity contribution in [3.8, 4) is 0 Å². The third-order valence-electron chi connectivity index (χ3n) is 2.53. The van der Waals surface area contributed by atoms with Crippen LogP contribution in [0.4, 0.5) is 0 Å². The van der Waals surface area contributed by atoms with Crippen molar-refractivity contribution in [2.24, 2.45) is 0 Å². The molecule has 3 nitrogen and oxygen atoms in total. The number of hydrogen-bond donors (Lipinski definition) is 0. The van der Waals surface area contributed by atoms with Crippen molar-refractivity contribution in [1.29, 1.82) is 0 Å². The summed E-state index contributed by atoms with van der Waals surface area (Å²) in [5, 5.41) is 8.02. The average Bonchev–Trinajstić information content (AvgIpc) is 2.74. The molecule has 0 radical (unpaired) electrons. The molecule has 0 atom stereocenters. The Morgan fingerprint density at radius 1 is 0.938 bits per heavy atom. The van der Waals surface area contributed by atoms with E-state index in [1.165, 1.54) is 25.7 Å². The molecule has 1 rings (SSSR count). The van der Waals surface area contributed by atoms with Crippen molar-refractivity contribution < 1.29 is 4.42 Å². The Hall–Kier alpha value is -0.570. The van der Waals surface area contributed by atoms with Gasteiger partial charge in [0.1, 0.15) is 0 Å². The van der Waals surface area contributed by atoms with Crippen molar-refractivity contribution in [1.82, 2.24) is 10.2 Å². The molecule has 0 saturated heterocycles. The van der Waals surface area contributed by atoms with Crippen molar-refractivity contribution in [3.05, 3.63) is 11.8 Å². The molecular formula is C12H21ClN2O. The molecule has 92 valence electrons. The van der Waals surface area contributed by atoms with Gasteiger partial charge < -0.3 is 4.42 Å². The van der Waals surface area contributed by atoms with E-state index >= 15 is 0 Å². The van der Waals surface area contributed by atoms with Gasteiger partial charge in [0.05, 0.1) is 0 Å². The molecule has 0 amide bonds. The molecule has 0 fully saturated rings.